The van der Waals surface area contributed by atoms with Crippen molar-refractivity contribution in [2.24, 2.45) is 0 Å². The molecule has 0 spiro atoms. The van der Waals surface area contributed by atoms with Gasteiger partial charge in [-0.15, -0.1) is 0 Å². The van der Waals surface area contributed by atoms with Crippen molar-refractivity contribution in [3.05, 3.63) is 40.3 Å². The van der Waals surface area contributed by atoms with Crippen molar-refractivity contribution < 1.29 is 4.79 Å². The van der Waals surface area contributed by atoms with Gasteiger partial charge in [0.1, 0.15) is 17.9 Å². The average molecular weight is 325 g/mol. The lowest BCUT2D eigenvalue weighted by atomic mass is 10.2. The molecule has 4 rings (SSSR count). The number of H-pyrrole nitrogens is 1. The number of nitrogens with one attached hydrogen (secondary N) is 2. The Bertz CT molecular complexity index is 991. The summed E-state index contributed by atoms with van der Waals surface area (Å²) in [5.41, 5.74) is 2.60. The summed E-state index contributed by atoms with van der Waals surface area (Å²) in [5.74, 6) is -0.0549. The van der Waals surface area contributed by atoms with E-state index in [0.717, 1.165) is 30.5 Å². The Morgan fingerprint density at radius 3 is 3.08 bits per heavy atom. The highest BCUT2D eigenvalue weighted by Gasteiger charge is 2.22. The van der Waals surface area contributed by atoms with Crippen molar-refractivity contribution in [3.8, 4) is 0 Å². The van der Waals surface area contributed by atoms with E-state index in [1.54, 1.807) is 13.0 Å². The zero-order valence-corrected chi connectivity index (χ0v) is 13.0. The molecular weight excluding hydrogens is 310 g/mol. The zero-order valence-electron chi connectivity index (χ0n) is 13.0. The molecule has 0 saturated heterocycles. The lowest BCUT2D eigenvalue weighted by molar-refractivity contribution is -0.119. The van der Waals surface area contributed by atoms with Gasteiger partial charge in [-0.3, -0.25) is 9.59 Å². The molecule has 24 heavy (non-hydrogen) atoms. The molecule has 2 N–H and O–H groups in total. The van der Waals surface area contributed by atoms with Gasteiger partial charge in [-0.1, -0.05) is 0 Å². The first kappa shape index (κ1) is 14.5. The van der Waals surface area contributed by atoms with Crippen LogP contribution in [-0.4, -0.2) is 35.6 Å². The number of nitrogens with zero attached hydrogens (tertiary/aromatic N) is 5. The Hall–Kier alpha value is -3.10. The van der Waals surface area contributed by atoms with Crippen LogP contribution in [0.3, 0.4) is 0 Å². The minimum Gasteiger partial charge on any atom is -0.340 e. The van der Waals surface area contributed by atoms with Gasteiger partial charge in [0.15, 0.2) is 11.5 Å². The molecule has 1 unspecified atom stereocenters. The molecule has 1 aliphatic carbocycles. The number of carbonyl (C=O) groups is 1. The van der Waals surface area contributed by atoms with Crippen LogP contribution in [0.2, 0.25) is 0 Å². The minimum absolute atomic E-state index is 0.271. The van der Waals surface area contributed by atoms with Crippen LogP contribution in [0, 0.1) is 0 Å². The van der Waals surface area contributed by atoms with Gasteiger partial charge in [0.05, 0.1) is 12.0 Å². The second-order valence-corrected chi connectivity index (χ2v) is 5.74. The van der Waals surface area contributed by atoms with Crippen molar-refractivity contribution >= 4 is 22.9 Å². The van der Waals surface area contributed by atoms with E-state index in [1.165, 1.54) is 17.3 Å². The highest BCUT2D eigenvalue weighted by molar-refractivity contribution is 5.98. The highest BCUT2D eigenvalue weighted by Crippen LogP contribution is 2.19. The third-order valence-corrected chi connectivity index (χ3v) is 4.19. The summed E-state index contributed by atoms with van der Waals surface area (Å²) in [6, 6.07) is 0.827. The maximum atomic E-state index is 12.5. The fourth-order valence-corrected chi connectivity index (χ4v) is 2.88. The number of aromatic amines is 1. The minimum atomic E-state index is -0.753. The second kappa shape index (κ2) is 5.52. The fourth-order valence-electron chi connectivity index (χ4n) is 2.88. The van der Waals surface area contributed by atoms with Gasteiger partial charge in [0.25, 0.3) is 5.56 Å². The molecule has 9 nitrogen and oxygen atoms in total. The number of rotatable bonds is 3. The molecular formula is C15H15N7O2. The van der Waals surface area contributed by atoms with E-state index < -0.39 is 6.04 Å². The van der Waals surface area contributed by atoms with Crippen molar-refractivity contribution in [2.45, 2.75) is 32.2 Å². The predicted molar refractivity (Wildman–Crippen MR) is 85.5 cm³/mol. The first-order valence-electron chi connectivity index (χ1n) is 7.70. The second-order valence-electron chi connectivity index (χ2n) is 5.74. The molecule has 0 fully saturated rings. The number of hydrogen-bond donors (Lipinski definition) is 2. The molecule has 1 amide bonds. The monoisotopic (exact) mass is 325 g/mol. The lowest BCUT2D eigenvalue weighted by Gasteiger charge is -2.14. The quantitative estimate of drug-likeness (QED) is 0.728. The van der Waals surface area contributed by atoms with Crippen LogP contribution in [0.5, 0.6) is 0 Å². The Morgan fingerprint density at radius 1 is 1.33 bits per heavy atom. The van der Waals surface area contributed by atoms with Gasteiger partial charge in [-0.05, 0) is 31.7 Å². The molecule has 0 saturated carbocycles. The number of carbonyl (C=O) groups excluding carboxylic acids is 1. The summed E-state index contributed by atoms with van der Waals surface area (Å²) in [6.45, 7) is 1.64. The van der Waals surface area contributed by atoms with E-state index in [9.17, 15) is 9.59 Å². The number of aromatic nitrogens is 6. The first-order valence-corrected chi connectivity index (χ1v) is 7.70. The zero-order chi connectivity index (χ0) is 16.7. The van der Waals surface area contributed by atoms with E-state index in [4.69, 9.17) is 0 Å². The highest BCUT2D eigenvalue weighted by atomic mass is 16.2. The summed E-state index contributed by atoms with van der Waals surface area (Å²) in [6.07, 6.45) is 5.50. The third-order valence-electron chi connectivity index (χ3n) is 4.19. The standard InChI is InChI=1S/C15H15N7O2/c1-8(22-11(23)5-9-3-2-4-10(9)21-22)15(24)20-14-12-13(17-6-16-12)18-7-19-14/h5-8H,2-4H2,1H3,(H2,16,17,18,19,20,24). The Balaban J connectivity index is 1.63. The number of aryl methyl sites for hydroxylation is 2. The smallest absolute Gasteiger partial charge is 0.267 e. The average Bonchev–Trinajstić information content (AvgIpc) is 3.22. The Morgan fingerprint density at radius 2 is 2.21 bits per heavy atom. The molecule has 3 aromatic rings. The number of fused-ring (bicyclic) bond motifs is 2. The van der Waals surface area contributed by atoms with Crippen molar-refractivity contribution in [1.29, 1.82) is 0 Å². The Kier molecular flexibility index (Phi) is 3.33. The number of amides is 1. The Labute approximate surface area is 136 Å². The molecule has 0 bridgehead atoms. The van der Waals surface area contributed by atoms with E-state index >= 15 is 0 Å². The maximum Gasteiger partial charge on any atom is 0.267 e. The van der Waals surface area contributed by atoms with E-state index in [0.29, 0.717) is 17.0 Å². The summed E-state index contributed by atoms with van der Waals surface area (Å²) < 4.78 is 1.23. The van der Waals surface area contributed by atoms with Crippen LogP contribution >= 0.6 is 0 Å². The molecule has 0 aliphatic heterocycles. The number of imidazole rings is 1. The van der Waals surface area contributed by atoms with Gasteiger partial charge in [0.2, 0.25) is 5.91 Å². The van der Waals surface area contributed by atoms with Crippen molar-refractivity contribution in [2.75, 3.05) is 5.32 Å². The van der Waals surface area contributed by atoms with Gasteiger partial charge < -0.3 is 10.3 Å². The summed E-state index contributed by atoms with van der Waals surface area (Å²) in [7, 11) is 0. The maximum absolute atomic E-state index is 12.5. The van der Waals surface area contributed by atoms with Gasteiger partial charge in [-0.25, -0.2) is 19.6 Å². The molecule has 9 heteroatoms. The van der Waals surface area contributed by atoms with E-state index in [1.807, 2.05) is 0 Å². The molecule has 0 aromatic carbocycles. The van der Waals surface area contributed by atoms with Crippen LogP contribution in [0.4, 0.5) is 5.82 Å². The molecule has 3 aromatic heterocycles. The SMILES string of the molecule is CC(C(=O)Nc1ncnc2nc[nH]c12)n1nc2c(cc1=O)CCC2. The summed E-state index contributed by atoms with van der Waals surface area (Å²) >= 11 is 0. The van der Waals surface area contributed by atoms with Gasteiger partial charge in [0, 0.05) is 6.07 Å². The van der Waals surface area contributed by atoms with E-state index in [-0.39, 0.29) is 11.5 Å². The number of hydrogen-bond acceptors (Lipinski definition) is 6. The predicted octanol–water partition coefficient (Wildman–Crippen LogP) is 0.598. The summed E-state index contributed by atoms with van der Waals surface area (Å²) in [4.78, 5) is 39.7. The lowest BCUT2D eigenvalue weighted by Crippen LogP contribution is -2.34. The topological polar surface area (TPSA) is 118 Å². The van der Waals surface area contributed by atoms with Crippen LogP contribution in [0.15, 0.2) is 23.5 Å². The molecule has 122 valence electrons. The molecule has 1 aliphatic rings. The largest absolute Gasteiger partial charge is 0.340 e. The van der Waals surface area contributed by atoms with Crippen LogP contribution < -0.4 is 10.9 Å². The first-order chi connectivity index (χ1) is 11.6. The van der Waals surface area contributed by atoms with Crippen LogP contribution in [-0.2, 0) is 17.6 Å². The van der Waals surface area contributed by atoms with Crippen LogP contribution in [0.1, 0.15) is 30.6 Å². The molecule has 0 radical (unpaired) electrons. The number of anilines is 1. The third kappa shape index (κ3) is 2.34. The normalized spacial score (nSPS) is 14.5. The molecule has 1 atom stereocenters. The van der Waals surface area contributed by atoms with Gasteiger partial charge >= 0.3 is 0 Å². The van der Waals surface area contributed by atoms with Crippen molar-refractivity contribution in [1.82, 2.24) is 29.7 Å². The van der Waals surface area contributed by atoms with Crippen LogP contribution in [0.25, 0.3) is 11.2 Å². The summed E-state index contributed by atoms with van der Waals surface area (Å²) in [5, 5.41) is 7.06. The van der Waals surface area contributed by atoms with E-state index in [2.05, 4.69) is 30.4 Å². The molecule has 3 heterocycles. The van der Waals surface area contributed by atoms with Gasteiger partial charge in [-0.2, -0.15) is 5.10 Å². The fraction of sp³-hybridized carbons (Fsp3) is 0.333. The van der Waals surface area contributed by atoms with Crippen molar-refractivity contribution in [3.63, 3.8) is 0 Å².